The molecule has 1 aromatic heterocycles. The highest BCUT2D eigenvalue weighted by molar-refractivity contribution is 8.01. The molecule has 2 aromatic rings. The largest absolute Gasteiger partial charge is 0.330 e. The van der Waals surface area contributed by atoms with Crippen molar-refractivity contribution >= 4 is 57.5 Å². The standard InChI is InChI=1S/C16H18N6O3S2/c1-10(23)18-11-4-2-5-12(8-11)19-14-20-21-16(27-14)26-7-3-6-22-13(24)9-17-15(22)25/h2,4-5,8H,3,6-7,9H2,1H3,(H,17,25)(H,18,23)(H,19,20). The predicted molar refractivity (Wildman–Crippen MR) is 104 cm³/mol. The topological polar surface area (TPSA) is 116 Å². The second-order valence-corrected chi connectivity index (χ2v) is 7.99. The second-order valence-electron chi connectivity index (χ2n) is 5.67. The van der Waals surface area contributed by atoms with Gasteiger partial charge in [-0.1, -0.05) is 29.2 Å². The molecule has 1 fully saturated rings. The number of anilines is 3. The lowest BCUT2D eigenvalue weighted by Crippen LogP contribution is -2.32. The second kappa shape index (κ2) is 8.82. The van der Waals surface area contributed by atoms with E-state index in [1.165, 1.54) is 34.9 Å². The Hall–Kier alpha value is -2.66. The van der Waals surface area contributed by atoms with E-state index in [0.29, 0.717) is 23.8 Å². The van der Waals surface area contributed by atoms with Gasteiger partial charge in [-0.05, 0) is 24.6 Å². The molecule has 0 spiro atoms. The van der Waals surface area contributed by atoms with E-state index in [0.717, 1.165) is 15.8 Å². The Bertz CT molecular complexity index is 840. The Labute approximate surface area is 163 Å². The van der Waals surface area contributed by atoms with E-state index in [2.05, 4.69) is 26.1 Å². The summed E-state index contributed by atoms with van der Waals surface area (Å²) in [4.78, 5) is 35.3. The number of aromatic nitrogens is 2. The van der Waals surface area contributed by atoms with Gasteiger partial charge in [-0.2, -0.15) is 0 Å². The number of thioether (sulfide) groups is 1. The maximum Gasteiger partial charge on any atom is 0.324 e. The molecule has 1 saturated heterocycles. The molecule has 142 valence electrons. The van der Waals surface area contributed by atoms with E-state index < -0.39 is 0 Å². The third-order valence-corrected chi connectivity index (χ3v) is 5.59. The van der Waals surface area contributed by atoms with Crippen LogP contribution in [0.3, 0.4) is 0 Å². The van der Waals surface area contributed by atoms with Crippen LogP contribution in [-0.4, -0.2) is 51.8 Å². The van der Waals surface area contributed by atoms with Gasteiger partial charge in [0.1, 0.15) is 0 Å². The molecule has 4 amide bonds. The predicted octanol–water partition coefficient (Wildman–Crippen LogP) is 2.27. The number of urea groups is 1. The first-order chi connectivity index (χ1) is 13.0. The molecular weight excluding hydrogens is 388 g/mol. The summed E-state index contributed by atoms with van der Waals surface area (Å²) in [6, 6.07) is 7.00. The molecule has 0 aliphatic carbocycles. The molecule has 27 heavy (non-hydrogen) atoms. The van der Waals surface area contributed by atoms with Gasteiger partial charge in [-0.25, -0.2) is 4.79 Å². The molecule has 1 aliphatic heterocycles. The fourth-order valence-electron chi connectivity index (χ4n) is 2.38. The van der Waals surface area contributed by atoms with E-state index in [1.807, 2.05) is 18.2 Å². The number of nitrogens with zero attached hydrogens (tertiary/aromatic N) is 3. The molecule has 2 heterocycles. The minimum absolute atomic E-state index is 0.0839. The van der Waals surface area contributed by atoms with Crippen LogP contribution in [0.1, 0.15) is 13.3 Å². The van der Waals surface area contributed by atoms with Crippen LogP contribution in [0.4, 0.5) is 21.3 Å². The van der Waals surface area contributed by atoms with Crippen molar-refractivity contribution in [2.24, 2.45) is 0 Å². The first-order valence-corrected chi connectivity index (χ1v) is 10.0. The summed E-state index contributed by atoms with van der Waals surface area (Å²) in [7, 11) is 0. The van der Waals surface area contributed by atoms with Gasteiger partial charge in [-0.15, -0.1) is 10.2 Å². The molecule has 1 aromatic carbocycles. The van der Waals surface area contributed by atoms with Crippen molar-refractivity contribution in [2.75, 3.05) is 29.5 Å². The minimum atomic E-state index is -0.325. The monoisotopic (exact) mass is 406 g/mol. The average Bonchev–Trinajstić information content (AvgIpc) is 3.19. The fourth-order valence-corrected chi connectivity index (χ4v) is 4.15. The molecule has 0 radical (unpaired) electrons. The third-order valence-electron chi connectivity index (χ3n) is 3.53. The first kappa shape index (κ1) is 19.1. The van der Waals surface area contributed by atoms with Crippen LogP contribution in [0.15, 0.2) is 28.6 Å². The van der Waals surface area contributed by atoms with Crippen molar-refractivity contribution in [1.29, 1.82) is 0 Å². The van der Waals surface area contributed by atoms with Crippen molar-refractivity contribution in [3.63, 3.8) is 0 Å². The van der Waals surface area contributed by atoms with Gasteiger partial charge in [0.25, 0.3) is 0 Å². The van der Waals surface area contributed by atoms with Crippen molar-refractivity contribution in [3.8, 4) is 0 Å². The highest BCUT2D eigenvalue weighted by Gasteiger charge is 2.27. The van der Waals surface area contributed by atoms with Crippen LogP contribution in [0.25, 0.3) is 0 Å². The number of imide groups is 1. The molecule has 0 atom stereocenters. The van der Waals surface area contributed by atoms with Crippen molar-refractivity contribution in [3.05, 3.63) is 24.3 Å². The molecule has 0 saturated carbocycles. The Morgan fingerprint density at radius 1 is 1.33 bits per heavy atom. The minimum Gasteiger partial charge on any atom is -0.330 e. The summed E-state index contributed by atoms with van der Waals surface area (Å²) in [5.41, 5.74) is 1.50. The first-order valence-electron chi connectivity index (χ1n) is 8.20. The van der Waals surface area contributed by atoms with Crippen LogP contribution >= 0.6 is 23.1 Å². The molecule has 3 N–H and O–H groups in total. The zero-order valence-electron chi connectivity index (χ0n) is 14.5. The van der Waals surface area contributed by atoms with E-state index in [4.69, 9.17) is 0 Å². The number of amides is 4. The summed E-state index contributed by atoms with van der Waals surface area (Å²) in [6.07, 6.45) is 0.685. The van der Waals surface area contributed by atoms with Crippen molar-refractivity contribution < 1.29 is 14.4 Å². The highest BCUT2D eigenvalue weighted by Crippen LogP contribution is 2.28. The van der Waals surface area contributed by atoms with Gasteiger partial charge in [0, 0.05) is 30.6 Å². The molecule has 0 unspecified atom stereocenters. The maximum absolute atomic E-state index is 11.5. The SMILES string of the molecule is CC(=O)Nc1cccc(Nc2nnc(SCCCN3C(=O)CNC3=O)s2)c1. The van der Waals surface area contributed by atoms with E-state index in [1.54, 1.807) is 6.07 Å². The Balaban J connectivity index is 1.46. The zero-order valence-corrected chi connectivity index (χ0v) is 16.2. The molecule has 0 bridgehead atoms. The van der Waals surface area contributed by atoms with E-state index in [-0.39, 0.29) is 24.4 Å². The molecule has 3 rings (SSSR count). The summed E-state index contributed by atoms with van der Waals surface area (Å²) in [5.74, 6) is 0.410. The zero-order chi connectivity index (χ0) is 19.2. The third kappa shape index (κ3) is 5.41. The maximum atomic E-state index is 11.5. The summed E-state index contributed by atoms with van der Waals surface area (Å²) in [6.45, 7) is 1.94. The number of hydrogen-bond donors (Lipinski definition) is 3. The highest BCUT2D eigenvalue weighted by atomic mass is 32.2. The number of hydrogen-bond acceptors (Lipinski definition) is 8. The van der Waals surface area contributed by atoms with Crippen LogP contribution in [-0.2, 0) is 9.59 Å². The molecule has 9 nitrogen and oxygen atoms in total. The van der Waals surface area contributed by atoms with Crippen molar-refractivity contribution in [2.45, 2.75) is 17.7 Å². The van der Waals surface area contributed by atoms with E-state index >= 15 is 0 Å². The summed E-state index contributed by atoms with van der Waals surface area (Å²) in [5, 5.41) is 17.3. The van der Waals surface area contributed by atoms with Gasteiger partial charge in [-0.3, -0.25) is 14.5 Å². The summed E-state index contributed by atoms with van der Waals surface area (Å²) >= 11 is 2.94. The molecule has 1 aliphatic rings. The average molecular weight is 406 g/mol. The Morgan fingerprint density at radius 2 is 2.15 bits per heavy atom. The Kier molecular flexibility index (Phi) is 6.24. The van der Waals surface area contributed by atoms with Gasteiger partial charge in [0.05, 0.1) is 6.54 Å². The van der Waals surface area contributed by atoms with Crippen LogP contribution in [0, 0.1) is 0 Å². The smallest absolute Gasteiger partial charge is 0.324 e. The van der Waals surface area contributed by atoms with Crippen LogP contribution in [0.2, 0.25) is 0 Å². The van der Waals surface area contributed by atoms with Gasteiger partial charge in [0.2, 0.25) is 16.9 Å². The van der Waals surface area contributed by atoms with Crippen LogP contribution < -0.4 is 16.0 Å². The number of carbonyl (C=O) groups excluding carboxylic acids is 3. The molecule has 11 heteroatoms. The lowest BCUT2D eigenvalue weighted by Gasteiger charge is -2.10. The van der Waals surface area contributed by atoms with Gasteiger partial charge in [0.15, 0.2) is 4.34 Å². The fraction of sp³-hybridized carbons (Fsp3) is 0.312. The number of nitrogens with one attached hydrogen (secondary N) is 3. The normalized spacial score (nSPS) is 13.6. The lowest BCUT2D eigenvalue weighted by molar-refractivity contribution is -0.125. The Morgan fingerprint density at radius 3 is 2.89 bits per heavy atom. The summed E-state index contributed by atoms with van der Waals surface area (Å²) < 4.78 is 0.799. The number of carbonyl (C=O) groups is 3. The number of rotatable bonds is 8. The van der Waals surface area contributed by atoms with Gasteiger partial charge >= 0.3 is 6.03 Å². The van der Waals surface area contributed by atoms with E-state index in [9.17, 15) is 14.4 Å². The molecular formula is C16H18N6O3S2. The van der Waals surface area contributed by atoms with Crippen molar-refractivity contribution in [1.82, 2.24) is 20.4 Å². The lowest BCUT2D eigenvalue weighted by atomic mass is 10.3. The quantitative estimate of drug-likeness (QED) is 0.350. The number of benzene rings is 1. The van der Waals surface area contributed by atoms with Gasteiger partial charge < -0.3 is 16.0 Å². The van der Waals surface area contributed by atoms with Crippen LogP contribution in [0.5, 0.6) is 0 Å².